The maximum atomic E-state index is 11.7. The summed E-state index contributed by atoms with van der Waals surface area (Å²) in [6, 6.07) is -1.05. The lowest BCUT2D eigenvalue weighted by Crippen LogP contribution is -2.54. The Balaban J connectivity index is 2.81. The minimum atomic E-state index is -1.58. The molecule has 1 fully saturated rings. The molecule has 2 unspecified atom stereocenters. The second-order valence-electron chi connectivity index (χ2n) is 3.93. The van der Waals surface area contributed by atoms with Crippen LogP contribution < -0.4 is 5.73 Å². The van der Waals surface area contributed by atoms with Crippen molar-refractivity contribution in [2.24, 2.45) is 5.73 Å². The van der Waals surface area contributed by atoms with E-state index < -0.39 is 19.1 Å². The molecule has 1 heterocycles. The van der Waals surface area contributed by atoms with Gasteiger partial charge in [-0.3, -0.25) is 4.79 Å². The van der Waals surface area contributed by atoms with Crippen LogP contribution in [0.2, 0.25) is 0 Å². The van der Waals surface area contributed by atoms with Gasteiger partial charge in [0.05, 0.1) is 24.6 Å². The summed E-state index contributed by atoms with van der Waals surface area (Å²) >= 11 is 0. The average molecular weight is 216 g/mol. The van der Waals surface area contributed by atoms with E-state index in [2.05, 4.69) is 0 Å². The molecule has 86 valence electrons. The van der Waals surface area contributed by atoms with Gasteiger partial charge in [0.15, 0.2) is 0 Å². The van der Waals surface area contributed by atoms with E-state index in [1.807, 2.05) is 0 Å². The number of aliphatic hydroxyl groups excluding tert-OH is 1. The Morgan fingerprint density at radius 3 is 2.60 bits per heavy atom. The standard InChI is InChI=1S/C8H17BN2O4/c1-5(10)8(13)11-6(4-12)2-3-7(11)9(14)15/h5-7,12,14-15H,2-4,10H2,1H3/t5-,6?,7?/m1/s1. The van der Waals surface area contributed by atoms with E-state index in [1.165, 1.54) is 11.8 Å². The maximum Gasteiger partial charge on any atom is 0.475 e. The van der Waals surface area contributed by atoms with Gasteiger partial charge in [-0.1, -0.05) is 0 Å². The van der Waals surface area contributed by atoms with Gasteiger partial charge in [0.2, 0.25) is 5.91 Å². The number of carbonyl (C=O) groups excluding carboxylic acids is 1. The van der Waals surface area contributed by atoms with Gasteiger partial charge in [0, 0.05) is 0 Å². The number of rotatable bonds is 3. The fourth-order valence-corrected chi connectivity index (χ4v) is 1.96. The van der Waals surface area contributed by atoms with Gasteiger partial charge in [-0.25, -0.2) is 0 Å². The van der Waals surface area contributed by atoms with E-state index in [0.29, 0.717) is 12.8 Å². The van der Waals surface area contributed by atoms with E-state index in [0.717, 1.165) is 0 Å². The summed E-state index contributed by atoms with van der Waals surface area (Å²) in [7, 11) is -1.58. The second kappa shape index (κ2) is 4.93. The highest BCUT2D eigenvalue weighted by Crippen LogP contribution is 2.25. The lowest BCUT2D eigenvalue weighted by atomic mass is 9.78. The molecular formula is C8H17BN2O4. The molecule has 3 atom stereocenters. The molecule has 0 aromatic carbocycles. The van der Waals surface area contributed by atoms with Crippen molar-refractivity contribution in [3.8, 4) is 0 Å². The minimum absolute atomic E-state index is 0.179. The van der Waals surface area contributed by atoms with E-state index in [1.54, 1.807) is 0 Å². The monoisotopic (exact) mass is 216 g/mol. The molecule has 0 radical (unpaired) electrons. The highest BCUT2D eigenvalue weighted by molar-refractivity contribution is 6.43. The normalized spacial score (nSPS) is 27.9. The molecule has 6 nitrogen and oxygen atoms in total. The number of hydrogen-bond acceptors (Lipinski definition) is 5. The molecule has 0 spiro atoms. The molecule has 7 heteroatoms. The van der Waals surface area contributed by atoms with Crippen molar-refractivity contribution in [1.82, 2.24) is 4.90 Å². The van der Waals surface area contributed by atoms with Crippen LogP contribution in [0.25, 0.3) is 0 Å². The van der Waals surface area contributed by atoms with Crippen LogP contribution in [0.1, 0.15) is 19.8 Å². The Morgan fingerprint density at radius 2 is 2.20 bits per heavy atom. The van der Waals surface area contributed by atoms with Gasteiger partial charge in [0.25, 0.3) is 0 Å². The van der Waals surface area contributed by atoms with Gasteiger partial charge >= 0.3 is 7.12 Å². The summed E-state index contributed by atoms with van der Waals surface area (Å²) in [4.78, 5) is 13.0. The van der Waals surface area contributed by atoms with Crippen molar-refractivity contribution in [3.05, 3.63) is 0 Å². The SMILES string of the molecule is C[C@@H](N)C(=O)N1C(CO)CCC1B(O)O. The number of hydrogen-bond donors (Lipinski definition) is 4. The Hall–Kier alpha value is -0.625. The molecule has 1 saturated heterocycles. The van der Waals surface area contributed by atoms with E-state index in [4.69, 9.17) is 20.9 Å². The van der Waals surface area contributed by atoms with Gasteiger partial charge in [0.1, 0.15) is 0 Å². The van der Waals surface area contributed by atoms with Crippen molar-refractivity contribution in [2.75, 3.05) is 6.61 Å². The zero-order chi connectivity index (χ0) is 11.6. The Morgan fingerprint density at radius 1 is 1.60 bits per heavy atom. The van der Waals surface area contributed by atoms with Gasteiger partial charge in [-0.2, -0.15) is 0 Å². The lowest BCUT2D eigenvalue weighted by molar-refractivity contribution is -0.135. The van der Waals surface area contributed by atoms with Crippen LogP contribution in [0.15, 0.2) is 0 Å². The number of amides is 1. The van der Waals surface area contributed by atoms with Crippen LogP contribution in [-0.4, -0.2) is 57.7 Å². The fraction of sp³-hybridized carbons (Fsp3) is 0.875. The van der Waals surface area contributed by atoms with Crippen molar-refractivity contribution >= 4 is 13.0 Å². The molecule has 5 N–H and O–H groups in total. The van der Waals surface area contributed by atoms with Crippen LogP contribution in [0.5, 0.6) is 0 Å². The second-order valence-corrected chi connectivity index (χ2v) is 3.93. The largest absolute Gasteiger partial charge is 0.475 e. The Bertz CT molecular complexity index is 237. The molecule has 1 aliphatic rings. The van der Waals surface area contributed by atoms with Crippen molar-refractivity contribution in [1.29, 1.82) is 0 Å². The molecule has 0 aliphatic carbocycles. The van der Waals surface area contributed by atoms with Crippen LogP contribution >= 0.6 is 0 Å². The molecule has 1 rings (SSSR count). The summed E-state index contributed by atoms with van der Waals surface area (Å²) < 4.78 is 0. The fourth-order valence-electron chi connectivity index (χ4n) is 1.96. The van der Waals surface area contributed by atoms with Gasteiger partial charge in [-0.15, -0.1) is 0 Å². The van der Waals surface area contributed by atoms with Crippen molar-refractivity contribution in [2.45, 2.75) is 37.8 Å². The third kappa shape index (κ3) is 2.49. The molecule has 0 bridgehead atoms. The third-order valence-corrected chi connectivity index (χ3v) is 2.75. The van der Waals surface area contributed by atoms with Crippen molar-refractivity contribution < 1.29 is 19.9 Å². The zero-order valence-corrected chi connectivity index (χ0v) is 8.71. The first kappa shape index (κ1) is 12.4. The first-order valence-electron chi connectivity index (χ1n) is 5.03. The molecule has 1 amide bonds. The van der Waals surface area contributed by atoms with E-state index in [9.17, 15) is 4.79 Å². The highest BCUT2D eigenvalue weighted by atomic mass is 16.4. The first-order chi connectivity index (χ1) is 6.99. The Labute approximate surface area is 88.8 Å². The molecular weight excluding hydrogens is 199 g/mol. The Kier molecular flexibility index (Phi) is 4.09. The summed E-state index contributed by atoms with van der Waals surface area (Å²) in [5.41, 5.74) is 5.46. The number of likely N-dealkylation sites (tertiary alicyclic amines) is 1. The number of nitrogens with two attached hydrogens (primary N) is 1. The number of carbonyl (C=O) groups is 1. The van der Waals surface area contributed by atoms with Crippen LogP contribution in [0.4, 0.5) is 0 Å². The van der Waals surface area contributed by atoms with Crippen LogP contribution in [0.3, 0.4) is 0 Å². The number of nitrogens with zero attached hydrogens (tertiary/aromatic N) is 1. The zero-order valence-electron chi connectivity index (χ0n) is 8.71. The van der Waals surface area contributed by atoms with Gasteiger partial charge in [-0.05, 0) is 19.8 Å². The molecule has 0 aromatic heterocycles. The van der Waals surface area contributed by atoms with Crippen molar-refractivity contribution in [3.63, 3.8) is 0 Å². The van der Waals surface area contributed by atoms with Crippen LogP contribution in [0, 0.1) is 0 Å². The summed E-state index contributed by atoms with van der Waals surface area (Å²) in [5, 5.41) is 27.3. The molecule has 0 saturated carbocycles. The maximum absolute atomic E-state index is 11.7. The average Bonchev–Trinajstić information content (AvgIpc) is 2.59. The predicted octanol–water partition coefficient (Wildman–Crippen LogP) is -2.30. The van der Waals surface area contributed by atoms with Gasteiger partial charge < -0.3 is 25.8 Å². The molecule has 0 aromatic rings. The first-order valence-corrected chi connectivity index (χ1v) is 5.03. The topological polar surface area (TPSA) is 107 Å². The molecule has 15 heavy (non-hydrogen) atoms. The summed E-state index contributed by atoms with van der Waals surface area (Å²) in [5.74, 6) is -1.01. The third-order valence-electron chi connectivity index (χ3n) is 2.75. The number of aliphatic hydroxyl groups is 1. The minimum Gasteiger partial charge on any atom is -0.426 e. The predicted molar refractivity (Wildman–Crippen MR) is 54.6 cm³/mol. The highest BCUT2D eigenvalue weighted by Gasteiger charge is 2.43. The van der Waals surface area contributed by atoms with E-state index in [-0.39, 0.29) is 18.6 Å². The molecule has 1 aliphatic heterocycles. The van der Waals surface area contributed by atoms with E-state index >= 15 is 0 Å². The van der Waals surface area contributed by atoms with Crippen LogP contribution in [-0.2, 0) is 4.79 Å². The smallest absolute Gasteiger partial charge is 0.426 e. The lowest BCUT2D eigenvalue weighted by Gasteiger charge is -2.30. The summed E-state index contributed by atoms with van der Waals surface area (Å²) in [6.07, 6.45) is 1.04. The quantitative estimate of drug-likeness (QED) is 0.397. The summed E-state index contributed by atoms with van der Waals surface area (Å²) in [6.45, 7) is 1.36.